The van der Waals surface area contributed by atoms with Crippen LogP contribution in [0.15, 0.2) is 42.5 Å². The van der Waals surface area contributed by atoms with Gasteiger partial charge in [-0.15, -0.1) is 11.6 Å². The van der Waals surface area contributed by atoms with Gasteiger partial charge in [-0.1, -0.05) is 42.5 Å². The minimum absolute atomic E-state index is 0.0910. The van der Waals surface area contributed by atoms with E-state index in [1.165, 1.54) is 27.8 Å². The first-order valence-electron chi connectivity index (χ1n) is 7.21. The highest BCUT2D eigenvalue weighted by Gasteiger charge is 2.28. The van der Waals surface area contributed by atoms with Gasteiger partial charge in [-0.3, -0.25) is 0 Å². The molecule has 0 amide bonds. The Kier molecular flexibility index (Phi) is 3.05. The summed E-state index contributed by atoms with van der Waals surface area (Å²) in [5.74, 6) is 0.509. The number of hydrogen-bond donors (Lipinski definition) is 0. The fourth-order valence-electron chi connectivity index (χ4n) is 3.44. The fraction of sp³-hybridized carbons (Fsp3) is 0.333. The van der Waals surface area contributed by atoms with E-state index in [9.17, 15) is 0 Å². The van der Waals surface area contributed by atoms with Crippen molar-refractivity contribution >= 4 is 11.6 Å². The lowest BCUT2D eigenvalue weighted by atomic mass is 9.94. The van der Waals surface area contributed by atoms with E-state index in [2.05, 4.69) is 42.5 Å². The number of ether oxygens (including phenoxy) is 1. The van der Waals surface area contributed by atoms with E-state index in [0.717, 1.165) is 26.1 Å². The molecule has 2 aromatic carbocycles. The molecular weight excluding hydrogens is 268 g/mol. The minimum atomic E-state index is 0.0910. The largest absolute Gasteiger partial charge is 0.372 e. The van der Waals surface area contributed by atoms with Gasteiger partial charge < -0.3 is 4.74 Å². The molecule has 20 heavy (non-hydrogen) atoms. The molecule has 0 saturated carbocycles. The number of alkyl halides is 1. The highest BCUT2D eigenvalue weighted by molar-refractivity contribution is 6.21. The van der Waals surface area contributed by atoms with Crippen LogP contribution in [0.1, 0.15) is 33.2 Å². The summed E-state index contributed by atoms with van der Waals surface area (Å²) in [7, 11) is 0. The lowest BCUT2D eigenvalue weighted by Gasteiger charge is -2.18. The standard InChI is InChI=1S/C18H17ClO/c19-18(14-5-6-15-10-20-11-17(15)9-14)16-7-12-3-1-2-4-13(12)8-16/h1-6,9,16,18H,7-8,10-11H2. The molecule has 4 rings (SSSR count). The van der Waals surface area contributed by atoms with Crippen LogP contribution >= 0.6 is 11.6 Å². The van der Waals surface area contributed by atoms with Crippen molar-refractivity contribution in [3.8, 4) is 0 Å². The number of rotatable bonds is 2. The predicted octanol–water partition coefficient (Wildman–Crippen LogP) is 4.41. The highest BCUT2D eigenvalue weighted by atomic mass is 35.5. The van der Waals surface area contributed by atoms with Crippen LogP contribution in [-0.2, 0) is 30.8 Å². The van der Waals surface area contributed by atoms with Gasteiger partial charge in [0.2, 0.25) is 0 Å². The molecule has 1 aliphatic carbocycles. The van der Waals surface area contributed by atoms with Crippen molar-refractivity contribution in [1.82, 2.24) is 0 Å². The molecule has 1 atom stereocenters. The number of benzene rings is 2. The van der Waals surface area contributed by atoms with Gasteiger partial charge in [0.25, 0.3) is 0 Å². The third-order valence-electron chi connectivity index (χ3n) is 4.56. The number of halogens is 1. The maximum Gasteiger partial charge on any atom is 0.0725 e. The zero-order valence-corrected chi connectivity index (χ0v) is 12.1. The van der Waals surface area contributed by atoms with Crippen molar-refractivity contribution in [3.63, 3.8) is 0 Å². The quantitative estimate of drug-likeness (QED) is 0.742. The summed E-state index contributed by atoms with van der Waals surface area (Å²) in [5.41, 5.74) is 6.80. The molecule has 2 aliphatic rings. The van der Waals surface area contributed by atoms with E-state index >= 15 is 0 Å². The number of fused-ring (bicyclic) bond motifs is 2. The van der Waals surface area contributed by atoms with Gasteiger partial charge in [-0.2, -0.15) is 0 Å². The topological polar surface area (TPSA) is 9.23 Å². The zero-order valence-electron chi connectivity index (χ0n) is 11.3. The molecule has 0 bridgehead atoms. The monoisotopic (exact) mass is 284 g/mol. The zero-order chi connectivity index (χ0) is 13.5. The fourth-order valence-corrected chi connectivity index (χ4v) is 3.75. The first kappa shape index (κ1) is 12.4. The molecule has 1 unspecified atom stereocenters. The minimum Gasteiger partial charge on any atom is -0.372 e. The summed E-state index contributed by atoms with van der Waals surface area (Å²) in [6.07, 6.45) is 2.19. The molecule has 0 spiro atoms. The second-order valence-corrected chi connectivity index (χ2v) is 6.33. The Hall–Kier alpha value is -1.31. The molecule has 0 radical (unpaired) electrons. The van der Waals surface area contributed by atoms with Gasteiger partial charge in [-0.05, 0) is 46.6 Å². The molecule has 2 aromatic rings. The molecule has 0 fully saturated rings. The number of hydrogen-bond acceptors (Lipinski definition) is 1. The second-order valence-electron chi connectivity index (χ2n) is 5.86. The summed E-state index contributed by atoms with van der Waals surface area (Å²) in [5, 5.41) is 0.0910. The molecule has 1 heterocycles. The van der Waals surface area contributed by atoms with E-state index < -0.39 is 0 Å². The van der Waals surface area contributed by atoms with Crippen LogP contribution in [0, 0.1) is 5.92 Å². The van der Waals surface area contributed by atoms with Crippen molar-refractivity contribution in [3.05, 3.63) is 70.3 Å². The maximum absolute atomic E-state index is 6.76. The van der Waals surface area contributed by atoms with Gasteiger partial charge >= 0.3 is 0 Å². The van der Waals surface area contributed by atoms with Crippen molar-refractivity contribution in [2.75, 3.05) is 0 Å². The van der Waals surface area contributed by atoms with E-state index in [0.29, 0.717) is 5.92 Å². The molecule has 0 N–H and O–H groups in total. The van der Waals surface area contributed by atoms with Crippen LogP contribution in [0.25, 0.3) is 0 Å². The van der Waals surface area contributed by atoms with Crippen LogP contribution in [-0.4, -0.2) is 0 Å². The van der Waals surface area contributed by atoms with E-state index in [1.807, 2.05) is 0 Å². The smallest absolute Gasteiger partial charge is 0.0725 e. The van der Waals surface area contributed by atoms with E-state index in [4.69, 9.17) is 16.3 Å². The Bertz CT molecular complexity index is 625. The van der Waals surface area contributed by atoms with Crippen LogP contribution in [0.2, 0.25) is 0 Å². The third-order valence-corrected chi connectivity index (χ3v) is 5.17. The normalized spacial score (nSPS) is 18.9. The molecule has 0 saturated heterocycles. The molecule has 2 heteroatoms. The Morgan fingerprint density at radius 1 is 0.900 bits per heavy atom. The third kappa shape index (κ3) is 2.06. The molecule has 1 nitrogen and oxygen atoms in total. The van der Waals surface area contributed by atoms with Crippen molar-refractivity contribution in [1.29, 1.82) is 0 Å². The van der Waals surface area contributed by atoms with Gasteiger partial charge in [-0.25, -0.2) is 0 Å². The Balaban J connectivity index is 1.58. The highest BCUT2D eigenvalue weighted by Crippen LogP contribution is 2.40. The summed E-state index contributed by atoms with van der Waals surface area (Å²) in [6, 6.07) is 15.3. The average Bonchev–Trinajstić information content (AvgIpc) is 3.11. The SMILES string of the molecule is ClC(c1ccc2c(c1)COC2)C1Cc2ccccc2C1. The second kappa shape index (κ2) is 4.91. The van der Waals surface area contributed by atoms with E-state index in [1.54, 1.807) is 0 Å². The van der Waals surface area contributed by atoms with Crippen molar-refractivity contribution in [2.24, 2.45) is 5.92 Å². The lowest BCUT2D eigenvalue weighted by molar-refractivity contribution is 0.134. The maximum atomic E-state index is 6.76. The van der Waals surface area contributed by atoms with Crippen LogP contribution < -0.4 is 0 Å². The summed E-state index contributed by atoms with van der Waals surface area (Å²) >= 11 is 6.76. The molecular formula is C18H17ClO. The van der Waals surface area contributed by atoms with Gasteiger partial charge in [0.1, 0.15) is 0 Å². The lowest BCUT2D eigenvalue weighted by Crippen LogP contribution is -2.08. The summed E-state index contributed by atoms with van der Waals surface area (Å²) in [6.45, 7) is 1.48. The average molecular weight is 285 g/mol. The van der Waals surface area contributed by atoms with Gasteiger partial charge in [0, 0.05) is 0 Å². The van der Waals surface area contributed by atoms with Crippen LogP contribution in [0.4, 0.5) is 0 Å². The summed E-state index contributed by atoms with van der Waals surface area (Å²) in [4.78, 5) is 0. The Morgan fingerprint density at radius 2 is 1.60 bits per heavy atom. The summed E-state index contributed by atoms with van der Waals surface area (Å²) < 4.78 is 5.48. The van der Waals surface area contributed by atoms with Crippen LogP contribution in [0.5, 0.6) is 0 Å². The van der Waals surface area contributed by atoms with Gasteiger partial charge in [0.05, 0.1) is 18.6 Å². The van der Waals surface area contributed by atoms with Crippen molar-refractivity contribution < 1.29 is 4.74 Å². The van der Waals surface area contributed by atoms with Crippen molar-refractivity contribution in [2.45, 2.75) is 31.4 Å². The Morgan fingerprint density at radius 3 is 2.35 bits per heavy atom. The molecule has 0 aromatic heterocycles. The van der Waals surface area contributed by atoms with E-state index in [-0.39, 0.29) is 5.38 Å². The molecule has 1 aliphatic heterocycles. The first-order chi connectivity index (χ1) is 9.81. The Labute approximate surface area is 124 Å². The predicted molar refractivity (Wildman–Crippen MR) is 80.9 cm³/mol. The first-order valence-corrected chi connectivity index (χ1v) is 7.65. The van der Waals surface area contributed by atoms with Crippen LogP contribution in [0.3, 0.4) is 0 Å². The molecule has 102 valence electrons. The van der Waals surface area contributed by atoms with Gasteiger partial charge in [0.15, 0.2) is 0 Å².